The molecule has 0 spiro atoms. The average Bonchev–Trinajstić information content (AvgIpc) is 2.47. The van der Waals surface area contributed by atoms with Crippen LogP contribution in [0.1, 0.15) is 5.56 Å². The molecule has 0 radical (unpaired) electrons. The standard InChI is InChI=1S/C16H16BrCl2NS/c1-20-14(8-11-7-13(18)5-6-16(11)19)10-21-15-4-2-3-12(17)9-15/h2-7,9,14,20H,8,10H2,1H3. The second-order valence-electron chi connectivity index (χ2n) is 4.69. The quantitative estimate of drug-likeness (QED) is 0.621. The first-order valence-corrected chi connectivity index (χ1v) is 9.11. The second-order valence-corrected chi connectivity index (χ2v) is 7.55. The lowest BCUT2D eigenvalue weighted by molar-refractivity contribution is 0.617. The minimum Gasteiger partial charge on any atom is -0.316 e. The lowest BCUT2D eigenvalue weighted by Gasteiger charge is -2.17. The number of benzene rings is 2. The van der Waals surface area contributed by atoms with Crippen molar-refractivity contribution in [2.24, 2.45) is 0 Å². The van der Waals surface area contributed by atoms with Crippen molar-refractivity contribution >= 4 is 50.9 Å². The van der Waals surface area contributed by atoms with Gasteiger partial charge in [0.1, 0.15) is 0 Å². The van der Waals surface area contributed by atoms with Crippen LogP contribution >= 0.6 is 50.9 Å². The Labute approximate surface area is 148 Å². The molecule has 0 bridgehead atoms. The molecular formula is C16H16BrCl2NS. The number of nitrogens with one attached hydrogen (secondary N) is 1. The largest absolute Gasteiger partial charge is 0.316 e. The molecule has 0 aromatic heterocycles. The molecule has 1 nitrogen and oxygen atoms in total. The van der Waals surface area contributed by atoms with Crippen LogP contribution in [-0.2, 0) is 6.42 Å². The fourth-order valence-electron chi connectivity index (χ4n) is 1.96. The highest BCUT2D eigenvalue weighted by molar-refractivity contribution is 9.10. The monoisotopic (exact) mass is 403 g/mol. The van der Waals surface area contributed by atoms with Gasteiger partial charge < -0.3 is 5.32 Å². The summed E-state index contributed by atoms with van der Waals surface area (Å²) in [4.78, 5) is 1.25. The first kappa shape index (κ1) is 17.2. The fraction of sp³-hybridized carbons (Fsp3) is 0.250. The van der Waals surface area contributed by atoms with Gasteiger partial charge in [0.15, 0.2) is 0 Å². The fourth-order valence-corrected chi connectivity index (χ4v) is 3.97. The molecule has 0 saturated heterocycles. The van der Waals surface area contributed by atoms with Crippen molar-refractivity contribution in [3.05, 3.63) is 62.5 Å². The van der Waals surface area contributed by atoms with E-state index < -0.39 is 0 Å². The van der Waals surface area contributed by atoms with Crippen molar-refractivity contribution in [3.8, 4) is 0 Å². The highest BCUT2D eigenvalue weighted by atomic mass is 79.9. The third-order valence-corrected chi connectivity index (χ3v) is 5.38. The molecule has 1 unspecified atom stereocenters. The zero-order valence-corrected chi connectivity index (χ0v) is 15.5. The molecule has 1 N–H and O–H groups in total. The molecule has 0 aliphatic heterocycles. The number of hydrogen-bond donors (Lipinski definition) is 1. The molecule has 0 amide bonds. The lowest BCUT2D eigenvalue weighted by atomic mass is 10.1. The maximum Gasteiger partial charge on any atom is 0.0439 e. The Balaban J connectivity index is 1.98. The van der Waals surface area contributed by atoms with Gasteiger partial charge in [0.05, 0.1) is 0 Å². The van der Waals surface area contributed by atoms with Crippen LogP contribution in [0, 0.1) is 0 Å². The third kappa shape index (κ3) is 5.50. The number of thioether (sulfide) groups is 1. The van der Waals surface area contributed by atoms with Gasteiger partial charge in [0.2, 0.25) is 0 Å². The molecule has 2 rings (SSSR count). The Kier molecular flexibility index (Phi) is 6.90. The zero-order valence-electron chi connectivity index (χ0n) is 11.6. The van der Waals surface area contributed by atoms with Crippen LogP contribution in [0.5, 0.6) is 0 Å². The van der Waals surface area contributed by atoms with Crippen molar-refractivity contribution < 1.29 is 0 Å². The summed E-state index contributed by atoms with van der Waals surface area (Å²) in [5.41, 5.74) is 1.08. The highest BCUT2D eigenvalue weighted by Gasteiger charge is 2.11. The maximum atomic E-state index is 6.24. The smallest absolute Gasteiger partial charge is 0.0439 e. The summed E-state index contributed by atoms with van der Waals surface area (Å²) < 4.78 is 1.10. The van der Waals surface area contributed by atoms with Crippen LogP contribution in [0.3, 0.4) is 0 Å². The van der Waals surface area contributed by atoms with E-state index in [1.807, 2.05) is 43.1 Å². The van der Waals surface area contributed by atoms with E-state index >= 15 is 0 Å². The Morgan fingerprint density at radius 2 is 2.00 bits per heavy atom. The zero-order chi connectivity index (χ0) is 15.2. The van der Waals surface area contributed by atoms with Crippen LogP contribution in [-0.4, -0.2) is 18.8 Å². The minimum absolute atomic E-state index is 0.338. The van der Waals surface area contributed by atoms with Gasteiger partial charge in [-0.2, -0.15) is 0 Å². The van der Waals surface area contributed by atoms with E-state index in [1.165, 1.54) is 4.90 Å². The normalized spacial score (nSPS) is 12.4. The van der Waals surface area contributed by atoms with Gasteiger partial charge in [-0.1, -0.05) is 45.2 Å². The van der Waals surface area contributed by atoms with Crippen molar-refractivity contribution in [1.82, 2.24) is 5.32 Å². The van der Waals surface area contributed by atoms with E-state index in [1.54, 1.807) is 0 Å². The summed E-state index contributed by atoms with van der Waals surface area (Å²) in [5.74, 6) is 0.968. The number of rotatable bonds is 6. The predicted molar refractivity (Wildman–Crippen MR) is 97.9 cm³/mol. The van der Waals surface area contributed by atoms with Crippen molar-refractivity contribution in [2.75, 3.05) is 12.8 Å². The summed E-state index contributed by atoms with van der Waals surface area (Å²) in [6, 6.07) is 14.3. The van der Waals surface area contributed by atoms with Crippen LogP contribution in [0.15, 0.2) is 51.8 Å². The van der Waals surface area contributed by atoms with Gasteiger partial charge in [-0.3, -0.25) is 0 Å². The van der Waals surface area contributed by atoms with Gasteiger partial charge in [0, 0.05) is 31.2 Å². The first-order chi connectivity index (χ1) is 10.1. The molecule has 112 valence electrons. The van der Waals surface area contributed by atoms with Gasteiger partial charge in [-0.05, 0) is 55.4 Å². The van der Waals surface area contributed by atoms with Crippen LogP contribution < -0.4 is 5.32 Å². The SMILES string of the molecule is CNC(CSc1cccc(Br)c1)Cc1cc(Cl)ccc1Cl. The molecule has 1 atom stereocenters. The van der Waals surface area contributed by atoms with Gasteiger partial charge in [-0.15, -0.1) is 11.8 Å². The molecule has 0 aliphatic carbocycles. The van der Waals surface area contributed by atoms with Crippen LogP contribution in [0.25, 0.3) is 0 Å². The number of hydrogen-bond acceptors (Lipinski definition) is 2. The molecule has 0 aliphatic rings. The number of likely N-dealkylation sites (N-methyl/N-ethyl adjacent to an activating group) is 1. The van der Waals surface area contributed by atoms with Crippen molar-refractivity contribution in [3.63, 3.8) is 0 Å². The topological polar surface area (TPSA) is 12.0 Å². The van der Waals surface area contributed by atoms with Gasteiger partial charge >= 0.3 is 0 Å². The Hall–Kier alpha value is -0.190. The van der Waals surface area contributed by atoms with Crippen molar-refractivity contribution in [2.45, 2.75) is 17.4 Å². The molecule has 0 heterocycles. The first-order valence-electron chi connectivity index (χ1n) is 6.58. The van der Waals surface area contributed by atoms with Crippen LogP contribution in [0.2, 0.25) is 10.0 Å². The minimum atomic E-state index is 0.338. The van der Waals surface area contributed by atoms with Gasteiger partial charge in [0.25, 0.3) is 0 Å². The van der Waals surface area contributed by atoms with E-state index in [0.717, 1.165) is 32.3 Å². The molecule has 0 saturated carbocycles. The molecule has 0 fully saturated rings. The molecule has 2 aromatic rings. The Morgan fingerprint density at radius 1 is 1.19 bits per heavy atom. The van der Waals surface area contributed by atoms with E-state index in [4.69, 9.17) is 23.2 Å². The van der Waals surface area contributed by atoms with E-state index in [9.17, 15) is 0 Å². The van der Waals surface area contributed by atoms with Gasteiger partial charge in [-0.25, -0.2) is 0 Å². The molecule has 5 heteroatoms. The summed E-state index contributed by atoms with van der Waals surface area (Å²) in [7, 11) is 1.98. The third-order valence-electron chi connectivity index (χ3n) is 3.13. The van der Waals surface area contributed by atoms with E-state index in [0.29, 0.717) is 6.04 Å². The molecule has 2 aromatic carbocycles. The molecule has 21 heavy (non-hydrogen) atoms. The van der Waals surface area contributed by atoms with Crippen molar-refractivity contribution in [1.29, 1.82) is 0 Å². The van der Waals surface area contributed by atoms with E-state index in [-0.39, 0.29) is 0 Å². The summed E-state index contributed by atoms with van der Waals surface area (Å²) in [5, 5.41) is 4.84. The summed E-state index contributed by atoms with van der Waals surface area (Å²) >= 11 is 17.6. The average molecular weight is 405 g/mol. The highest BCUT2D eigenvalue weighted by Crippen LogP contribution is 2.25. The second kappa shape index (κ2) is 8.44. The maximum absolute atomic E-state index is 6.24. The lowest BCUT2D eigenvalue weighted by Crippen LogP contribution is -2.30. The van der Waals surface area contributed by atoms with E-state index in [2.05, 4.69) is 39.4 Å². The summed E-state index contributed by atoms with van der Waals surface area (Å²) in [6.45, 7) is 0. The predicted octanol–water partition coefficient (Wildman–Crippen LogP) is 5.68. The summed E-state index contributed by atoms with van der Waals surface area (Å²) in [6.07, 6.45) is 0.858. The Morgan fingerprint density at radius 3 is 2.71 bits per heavy atom. The van der Waals surface area contributed by atoms with Crippen LogP contribution in [0.4, 0.5) is 0 Å². The molecular weight excluding hydrogens is 389 g/mol. The number of halogens is 3. The Bertz CT molecular complexity index is 607.